The predicted molar refractivity (Wildman–Crippen MR) is 325 cm³/mol. The van der Waals surface area contributed by atoms with Gasteiger partial charge in [0.2, 0.25) is 0 Å². The standard InChI is InChI=1S/C69H120O6/c1-4-7-10-13-16-18-20-22-24-26-28-30-32-33-34-35-37-38-40-42-44-46-48-50-53-56-59-62-68(71)74-65-66(64-73-67(70)61-58-55-52-15-12-9-6-3)75-69(72)63-60-57-54-51-49-47-45-43-41-39-36-31-29-27-25-23-21-19-17-14-11-8-5-2/h7,10,16,18,21-24,27-30,36,39,66H,4-6,8-9,11-15,17,19-20,25-26,31-35,37-38,40-65H2,1-3H3/b10-7-,18-16-,23-21-,24-22-,29-27-,30-28-,39-36-. The zero-order valence-electron chi connectivity index (χ0n) is 49.6. The van der Waals surface area contributed by atoms with Crippen LogP contribution in [-0.4, -0.2) is 37.2 Å². The van der Waals surface area contributed by atoms with Crippen molar-refractivity contribution in [1.82, 2.24) is 0 Å². The molecule has 0 rings (SSSR count). The number of carbonyl (C=O) groups excluding carboxylic acids is 3. The fraction of sp³-hybridized carbons (Fsp3) is 0.754. The highest BCUT2D eigenvalue weighted by Gasteiger charge is 2.19. The van der Waals surface area contributed by atoms with Crippen molar-refractivity contribution in [2.75, 3.05) is 13.2 Å². The number of esters is 3. The molecule has 432 valence electrons. The summed E-state index contributed by atoms with van der Waals surface area (Å²) in [6.07, 6.45) is 83.3. The van der Waals surface area contributed by atoms with Gasteiger partial charge in [0.1, 0.15) is 13.2 Å². The summed E-state index contributed by atoms with van der Waals surface area (Å²) in [5.74, 6) is -0.881. The van der Waals surface area contributed by atoms with Crippen LogP contribution in [0.25, 0.3) is 0 Å². The molecule has 0 aromatic heterocycles. The molecule has 6 heteroatoms. The third-order valence-corrected chi connectivity index (χ3v) is 13.9. The molecule has 0 N–H and O–H groups in total. The highest BCUT2D eigenvalue weighted by molar-refractivity contribution is 5.71. The van der Waals surface area contributed by atoms with Gasteiger partial charge in [-0.15, -0.1) is 0 Å². The first-order chi connectivity index (χ1) is 37.0. The summed E-state index contributed by atoms with van der Waals surface area (Å²) in [6, 6.07) is 0. The van der Waals surface area contributed by atoms with Crippen LogP contribution in [0.1, 0.15) is 316 Å². The Hall–Kier alpha value is -3.41. The van der Waals surface area contributed by atoms with Gasteiger partial charge < -0.3 is 14.2 Å². The molecule has 0 saturated carbocycles. The summed E-state index contributed by atoms with van der Waals surface area (Å²) in [5, 5.41) is 0. The first kappa shape index (κ1) is 71.6. The molecule has 0 fully saturated rings. The van der Waals surface area contributed by atoms with E-state index in [0.717, 1.165) is 103 Å². The van der Waals surface area contributed by atoms with E-state index >= 15 is 0 Å². The lowest BCUT2D eigenvalue weighted by Gasteiger charge is -2.18. The number of allylic oxidation sites excluding steroid dienone is 14. The van der Waals surface area contributed by atoms with Crippen molar-refractivity contribution in [3.8, 4) is 0 Å². The van der Waals surface area contributed by atoms with Crippen LogP contribution < -0.4 is 0 Å². The Balaban J connectivity index is 4.13. The first-order valence-electron chi connectivity index (χ1n) is 32.1. The van der Waals surface area contributed by atoms with E-state index in [1.165, 1.54) is 173 Å². The lowest BCUT2D eigenvalue weighted by Crippen LogP contribution is -2.30. The van der Waals surface area contributed by atoms with Crippen LogP contribution in [0.3, 0.4) is 0 Å². The molecule has 1 unspecified atom stereocenters. The minimum atomic E-state index is -0.778. The number of ether oxygens (including phenoxy) is 3. The monoisotopic (exact) mass is 1040 g/mol. The minimum absolute atomic E-state index is 0.0772. The SMILES string of the molecule is CC/C=C\C/C=C\C/C=C\C/C=C\CCCCCCCCCCCCCCCCC(=O)OCC(COC(=O)CCCCCCCCC)OC(=O)CCCCCCCCCC/C=C\C/C=C\C/C=C\CCCCCCC. The molecule has 6 nitrogen and oxygen atoms in total. The number of unbranched alkanes of at least 4 members (excludes halogenated alkanes) is 33. The van der Waals surface area contributed by atoms with Crippen LogP contribution in [-0.2, 0) is 28.6 Å². The van der Waals surface area contributed by atoms with E-state index in [9.17, 15) is 14.4 Å². The molecule has 0 aliphatic rings. The Morgan fingerprint density at radius 1 is 0.280 bits per heavy atom. The fourth-order valence-electron chi connectivity index (χ4n) is 9.09. The number of rotatable bonds is 58. The second-order valence-electron chi connectivity index (χ2n) is 21.3. The Bertz CT molecular complexity index is 1430. The van der Waals surface area contributed by atoms with E-state index in [-0.39, 0.29) is 31.1 Å². The van der Waals surface area contributed by atoms with E-state index < -0.39 is 6.10 Å². The number of hydrogen-bond acceptors (Lipinski definition) is 6. The summed E-state index contributed by atoms with van der Waals surface area (Å²) in [6.45, 7) is 6.50. The zero-order valence-corrected chi connectivity index (χ0v) is 49.6. The predicted octanol–water partition coefficient (Wildman–Crippen LogP) is 21.9. The van der Waals surface area contributed by atoms with Crippen molar-refractivity contribution in [2.45, 2.75) is 322 Å². The summed E-state index contributed by atoms with van der Waals surface area (Å²) in [5.41, 5.74) is 0. The van der Waals surface area contributed by atoms with Crippen LogP contribution in [0.2, 0.25) is 0 Å². The van der Waals surface area contributed by atoms with Crippen LogP contribution >= 0.6 is 0 Å². The smallest absolute Gasteiger partial charge is 0.306 e. The van der Waals surface area contributed by atoms with Gasteiger partial charge >= 0.3 is 17.9 Å². The quantitative estimate of drug-likeness (QED) is 0.0261. The number of carbonyl (C=O) groups is 3. The van der Waals surface area contributed by atoms with E-state index in [0.29, 0.717) is 19.3 Å². The summed E-state index contributed by atoms with van der Waals surface area (Å²) >= 11 is 0. The molecule has 0 heterocycles. The van der Waals surface area contributed by atoms with Crippen LogP contribution in [0.15, 0.2) is 85.1 Å². The van der Waals surface area contributed by atoms with E-state index in [1.807, 2.05) is 0 Å². The van der Waals surface area contributed by atoms with Gasteiger partial charge in [0, 0.05) is 19.3 Å². The molecular formula is C69H120O6. The van der Waals surface area contributed by atoms with Crippen molar-refractivity contribution in [2.24, 2.45) is 0 Å². The van der Waals surface area contributed by atoms with Gasteiger partial charge in [-0.1, -0.05) is 286 Å². The molecule has 0 aliphatic carbocycles. The average molecular weight is 1050 g/mol. The van der Waals surface area contributed by atoms with Gasteiger partial charge in [0.15, 0.2) is 6.10 Å². The van der Waals surface area contributed by atoms with Gasteiger partial charge in [-0.3, -0.25) is 14.4 Å². The molecule has 0 radical (unpaired) electrons. The Labute approximate surface area is 465 Å². The van der Waals surface area contributed by atoms with Gasteiger partial charge in [-0.05, 0) is 96.3 Å². The highest BCUT2D eigenvalue weighted by atomic mass is 16.6. The lowest BCUT2D eigenvalue weighted by atomic mass is 10.0. The molecular weight excluding hydrogens is 925 g/mol. The molecule has 0 bridgehead atoms. The average Bonchev–Trinajstić information content (AvgIpc) is 3.41. The highest BCUT2D eigenvalue weighted by Crippen LogP contribution is 2.16. The van der Waals surface area contributed by atoms with E-state index in [4.69, 9.17) is 14.2 Å². The minimum Gasteiger partial charge on any atom is -0.462 e. The molecule has 0 aromatic rings. The topological polar surface area (TPSA) is 78.9 Å². The molecule has 0 saturated heterocycles. The molecule has 0 aliphatic heterocycles. The summed E-state index contributed by atoms with van der Waals surface area (Å²) in [4.78, 5) is 38.1. The number of hydrogen-bond donors (Lipinski definition) is 0. The Morgan fingerprint density at radius 3 is 0.813 bits per heavy atom. The maximum atomic E-state index is 12.9. The Kier molecular flexibility index (Phi) is 60.3. The van der Waals surface area contributed by atoms with Gasteiger partial charge in [0.25, 0.3) is 0 Å². The van der Waals surface area contributed by atoms with Crippen molar-refractivity contribution >= 4 is 17.9 Å². The zero-order chi connectivity index (χ0) is 54.3. The largest absolute Gasteiger partial charge is 0.462 e. The first-order valence-corrected chi connectivity index (χ1v) is 32.1. The van der Waals surface area contributed by atoms with Crippen molar-refractivity contribution in [3.63, 3.8) is 0 Å². The second kappa shape index (κ2) is 63.1. The maximum Gasteiger partial charge on any atom is 0.306 e. The third-order valence-electron chi connectivity index (χ3n) is 13.9. The van der Waals surface area contributed by atoms with Crippen molar-refractivity contribution < 1.29 is 28.6 Å². The summed E-state index contributed by atoms with van der Waals surface area (Å²) < 4.78 is 16.8. The fourth-order valence-corrected chi connectivity index (χ4v) is 9.09. The molecule has 75 heavy (non-hydrogen) atoms. The van der Waals surface area contributed by atoms with Crippen LogP contribution in [0, 0.1) is 0 Å². The van der Waals surface area contributed by atoms with Gasteiger partial charge in [-0.25, -0.2) is 0 Å². The maximum absolute atomic E-state index is 12.9. The van der Waals surface area contributed by atoms with Crippen LogP contribution in [0.5, 0.6) is 0 Å². The van der Waals surface area contributed by atoms with E-state index in [1.54, 1.807) is 0 Å². The van der Waals surface area contributed by atoms with Crippen LogP contribution in [0.4, 0.5) is 0 Å². The molecule has 0 spiro atoms. The molecule has 0 amide bonds. The van der Waals surface area contributed by atoms with Gasteiger partial charge in [0.05, 0.1) is 0 Å². The van der Waals surface area contributed by atoms with Crippen molar-refractivity contribution in [3.05, 3.63) is 85.1 Å². The Morgan fingerprint density at radius 2 is 0.520 bits per heavy atom. The van der Waals surface area contributed by atoms with Crippen molar-refractivity contribution in [1.29, 1.82) is 0 Å². The summed E-state index contributed by atoms with van der Waals surface area (Å²) in [7, 11) is 0. The lowest BCUT2D eigenvalue weighted by molar-refractivity contribution is -0.167. The normalized spacial score (nSPS) is 12.6. The second-order valence-corrected chi connectivity index (χ2v) is 21.3. The molecule has 1 atom stereocenters. The van der Waals surface area contributed by atoms with Gasteiger partial charge in [-0.2, -0.15) is 0 Å². The third kappa shape index (κ3) is 61.3. The van der Waals surface area contributed by atoms with E-state index in [2.05, 4.69) is 106 Å². The molecule has 0 aromatic carbocycles.